The van der Waals surface area contributed by atoms with E-state index in [0.29, 0.717) is 24.8 Å². The first-order valence-corrected chi connectivity index (χ1v) is 6.82. The number of halogens is 1. The minimum absolute atomic E-state index is 0.222. The van der Waals surface area contributed by atoms with Gasteiger partial charge in [0.2, 0.25) is 0 Å². The maximum atomic E-state index is 13.5. The molecule has 1 aromatic rings. The third kappa shape index (κ3) is 3.45. The second-order valence-electron chi connectivity index (χ2n) is 5.31. The number of nitrogens with two attached hydrogens (primary N) is 1. The SMILES string of the molecule is CC(CCN)c1cc(F)cc(OCC2CCC2)c1. The van der Waals surface area contributed by atoms with Crippen LogP contribution in [-0.4, -0.2) is 13.2 Å². The smallest absolute Gasteiger partial charge is 0.127 e. The second kappa shape index (κ2) is 6.19. The van der Waals surface area contributed by atoms with Crippen LogP contribution in [0.3, 0.4) is 0 Å². The van der Waals surface area contributed by atoms with Crippen LogP contribution >= 0.6 is 0 Å². The Morgan fingerprint density at radius 3 is 2.78 bits per heavy atom. The van der Waals surface area contributed by atoms with E-state index in [9.17, 15) is 4.39 Å². The van der Waals surface area contributed by atoms with Gasteiger partial charge in [0.25, 0.3) is 0 Å². The quantitative estimate of drug-likeness (QED) is 0.840. The van der Waals surface area contributed by atoms with E-state index in [1.165, 1.54) is 25.3 Å². The molecule has 1 aliphatic rings. The summed E-state index contributed by atoms with van der Waals surface area (Å²) in [6.07, 6.45) is 4.65. The van der Waals surface area contributed by atoms with E-state index < -0.39 is 0 Å². The fourth-order valence-corrected chi connectivity index (χ4v) is 2.24. The first kappa shape index (κ1) is 13.3. The van der Waals surface area contributed by atoms with E-state index in [1.807, 2.05) is 6.07 Å². The number of hydrogen-bond acceptors (Lipinski definition) is 2. The van der Waals surface area contributed by atoms with Crippen molar-refractivity contribution in [3.05, 3.63) is 29.6 Å². The fraction of sp³-hybridized carbons (Fsp3) is 0.600. The van der Waals surface area contributed by atoms with Gasteiger partial charge in [-0.1, -0.05) is 13.3 Å². The zero-order valence-electron chi connectivity index (χ0n) is 11.0. The molecule has 0 heterocycles. The molecule has 1 aliphatic carbocycles. The summed E-state index contributed by atoms with van der Waals surface area (Å²) in [7, 11) is 0. The summed E-state index contributed by atoms with van der Waals surface area (Å²) in [5.74, 6) is 1.37. The Labute approximate surface area is 108 Å². The number of ether oxygens (including phenoxy) is 1. The third-order valence-corrected chi connectivity index (χ3v) is 3.77. The Balaban J connectivity index is 2.00. The average Bonchev–Trinajstić information content (AvgIpc) is 2.26. The third-order valence-electron chi connectivity index (χ3n) is 3.77. The van der Waals surface area contributed by atoms with Crippen LogP contribution < -0.4 is 10.5 Å². The van der Waals surface area contributed by atoms with Gasteiger partial charge in [0, 0.05) is 6.07 Å². The van der Waals surface area contributed by atoms with E-state index in [2.05, 4.69) is 6.92 Å². The van der Waals surface area contributed by atoms with Crippen molar-refractivity contribution in [2.24, 2.45) is 11.7 Å². The highest BCUT2D eigenvalue weighted by Gasteiger charge is 2.18. The molecular formula is C15H22FNO. The molecule has 0 aromatic heterocycles. The Morgan fingerprint density at radius 2 is 2.17 bits per heavy atom. The van der Waals surface area contributed by atoms with E-state index in [1.54, 1.807) is 6.07 Å². The predicted octanol–water partition coefficient (Wildman–Crippen LogP) is 3.46. The highest BCUT2D eigenvalue weighted by Crippen LogP contribution is 2.29. The zero-order valence-corrected chi connectivity index (χ0v) is 11.0. The lowest BCUT2D eigenvalue weighted by Crippen LogP contribution is -2.19. The molecule has 1 unspecified atom stereocenters. The molecule has 1 fully saturated rings. The molecule has 1 atom stereocenters. The van der Waals surface area contributed by atoms with Gasteiger partial charge in [0.1, 0.15) is 11.6 Å². The Hall–Kier alpha value is -1.09. The largest absolute Gasteiger partial charge is 0.493 e. The van der Waals surface area contributed by atoms with Crippen molar-refractivity contribution in [2.45, 2.75) is 38.5 Å². The molecule has 1 saturated carbocycles. The summed E-state index contributed by atoms with van der Waals surface area (Å²) in [6, 6.07) is 5.00. The maximum Gasteiger partial charge on any atom is 0.127 e. The van der Waals surface area contributed by atoms with Crippen molar-refractivity contribution in [3.63, 3.8) is 0 Å². The first-order chi connectivity index (χ1) is 8.69. The summed E-state index contributed by atoms with van der Waals surface area (Å²) in [5, 5.41) is 0. The first-order valence-electron chi connectivity index (χ1n) is 6.82. The van der Waals surface area contributed by atoms with Gasteiger partial charge in [-0.05, 0) is 55.3 Å². The van der Waals surface area contributed by atoms with Gasteiger partial charge >= 0.3 is 0 Å². The van der Waals surface area contributed by atoms with E-state index in [4.69, 9.17) is 10.5 Å². The normalized spacial score (nSPS) is 17.3. The van der Waals surface area contributed by atoms with Gasteiger partial charge < -0.3 is 10.5 Å². The van der Waals surface area contributed by atoms with Crippen molar-refractivity contribution < 1.29 is 9.13 Å². The fourth-order valence-electron chi connectivity index (χ4n) is 2.24. The standard InChI is InChI=1S/C15H22FNO/c1-11(5-6-17)13-7-14(16)9-15(8-13)18-10-12-3-2-4-12/h7-9,11-12H,2-6,10,17H2,1H3. The topological polar surface area (TPSA) is 35.2 Å². The summed E-state index contributed by atoms with van der Waals surface area (Å²) >= 11 is 0. The van der Waals surface area contributed by atoms with Crippen LogP contribution in [-0.2, 0) is 0 Å². The molecule has 0 amide bonds. The minimum atomic E-state index is -0.222. The van der Waals surface area contributed by atoms with Crippen molar-refractivity contribution in [3.8, 4) is 5.75 Å². The molecule has 0 saturated heterocycles. The Bertz CT molecular complexity index is 390. The lowest BCUT2D eigenvalue weighted by atomic mass is 9.86. The Morgan fingerprint density at radius 1 is 1.39 bits per heavy atom. The molecule has 0 aliphatic heterocycles. The van der Waals surface area contributed by atoms with Crippen LogP contribution in [0.1, 0.15) is 44.1 Å². The van der Waals surface area contributed by atoms with Crippen LogP contribution in [0.15, 0.2) is 18.2 Å². The van der Waals surface area contributed by atoms with Crippen molar-refractivity contribution in [1.82, 2.24) is 0 Å². The van der Waals surface area contributed by atoms with Crippen molar-refractivity contribution in [2.75, 3.05) is 13.2 Å². The van der Waals surface area contributed by atoms with Crippen LogP contribution in [0.5, 0.6) is 5.75 Å². The second-order valence-corrected chi connectivity index (χ2v) is 5.31. The molecular weight excluding hydrogens is 229 g/mol. The molecule has 0 radical (unpaired) electrons. The number of benzene rings is 1. The highest BCUT2D eigenvalue weighted by molar-refractivity contribution is 5.31. The van der Waals surface area contributed by atoms with Crippen molar-refractivity contribution >= 4 is 0 Å². The summed E-state index contributed by atoms with van der Waals surface area (Å²) in [4.78, 5) is 0. The molecule has 0 bridgehead atoms. The van der Waals surface area contributed by atoms with Gasteiger partial charge in [-0.2, -0.15) is 0 Å². The van der Waals surface area contributed by atoms with Gasteiger partial charge in [0.15, 0.2) is 0 Å². The molecule has 18 heavy (non-hydrogen) atoms. The highest BCUT2D eigenvalue weighted by atomic mass is 19.1. The average molecular weight is 251 g/mol. The van der Waals surface area contributed by atoms with E-state index in [-0.39, 0.29) is 11.7 Å². The van der Waals surface area contributed by atoms with Crippen molar-refractivity contribution in [1.29, 1.82) is 0 Å². The lowest BCUT2D eigenvalue weighted by Gasteiger charge is -2.25. The van der Waals surface area contributed by atoms with Crippen LogP contribution in [0.2, 0.25) is 0 Å². The number of hydrogen-bond donors (Lipinski definition) is 1. The van der Waals surface area contributed by atoms with Crippen LogP contribution in [0, 0.1) is 11.7 Å². The van der Waals surface area contributed by atoms with Gasteiger partial charge in [-0.15, -0.1) is 0 Å². The Kier molecular flexibility index (Phi) is 4.59. The molecule has 0 spiro atoms. The summed E-state index contributed by atoms with van der Waals surface area (Å²) in [6.45, 7) is 3.40. The maximum absolute atomic E-state index is 13.5. The molecule has 2 rings (SSSR count). The number of rotatable bonds is 6. The summed E-state index contributed by atoms with van der Waals surface area (Å²) < 4.78 is 19.2. The van der Waals surface area contributed by atoms with Gasteiger partial charge in [0.05, 0.1) is 6.61 Å². The molecule has 2 nitrogen and oxygen atoms in total. The molecule has 1 aromatic carbocycles. The predicted molar refractivity (Wildman–Crippen MR) is 71.3 cm³/mol. The molecule has 3 heteroatoms. The van der Waals surface area contributed by atoms with Gasteiger partial charge in [-0.25, -0.2) is 4.39 Å². The van der Waals surface area contributed by atoms with E-state index in [0.717, 1.165) is 12.0 Å². The van der Waals surface area contributed by atoms with Gasteiger partial charge in [-0.3, -0.25) is 0 Å². The minimum Gasteiger partial charge on any atom is -0.493 e. The molecule has 100 valence electrons. The van der Waals surface area contributed by atoms with Crippen LogP contribution in [0.25, 0.3) is 0 Å². The van der Waals surface area contributed by atoms with E-state index >= 15 is 0 Å². The monoisotopic (exact) mass is 251 g/mol. The lowest BCUT2D eigenvalue weighted by molar-refractivity contribution is 0.180. The summed E-state index contributed by atoms with van der Waals surface area (Å²) in [5.41, 5.74) is 6.52. The molecule has 2 N–H and O–H groups in total. The zero-order chi connectivity index (χ0) is 13.0. The van der Waals surface area contributed by atoms with Crippen LogP contribution in [0.4, 0.5) is 4.39 Å².